The molecular weight excluding hydrogens is 482 g/mol. The Bertz CT molecular complexity index is 1170. The minimum atomic E-state index is -3.88. The molecule has 2 amide bonds. The molecular formula is C26H37N3O6S. The van der Waals surface area contributed by atoms with Crippen LogP contribution in [0.1, 0.15) is 38.3 Å². The molecule has 0 saturated heterocycles. The molecule has 198 valence electrons. The van der Waals surface area contributed by atoms with Crippen molar-refractivity contribution in [3.05, 3.63) is 53.6 Å². The lowest BCUT2D eigenvalue weighted by Crippen LogP contribution is -2.52. The van der Waals surface area contributed by atoms with E-state index in [1.807, 2.05) is 45.0 Å². The number of anilines is 1. The molecule has 1 N–H and O–H groups in total. The average Bonchev–Trinajstić information content (AvgIpc) is 2.84. The van der Waals surface area contributed by atoms with Crippen LogP contribution in [0.5, 0.6) is 11.5 Å². The van der Waals surface area contributed by atoms with Crippen molar-refractivity contribution in [2.45, 2.75) is 52.7 Å². The maximum absolute atomic E-state index is 13.7. The lowest BCUT2D eigenvalue weighted by Gasteiger charge is -2.32. The number of hydrogen-bond acceptors (Lipinski definition) is 6. The fourth-order valence-electron chi connectivity index (χ4n) is 3.64. The fraction of sp³-hybridized carbons (Fsp3) is 0.462. The third-order valence-corrected chi connectivity index (χ3v) is 7.06. The van der Waals surface area contributed by atoms with Crippen LogP contribution in [0, 0.1) is 6.92 Å². The normalized spacial score (nSPS) is 12.9. The first kappa shape index (κ1) is 29.0. The molecule has 0 bridgehead atoms. The average molecular weight is 520 g/mol. The third-order valence-electron chi connectivity index (χ3n) is 5.94. The molecule has 0 heterocycles. The largest absolute Gasteiger partial charge is 0.497 e. The second-order valence-corrected chi connectivity index (χ2v) is 10.7. The molecule has 0 radical (unpaired) electrons. The number of rotatable bonds is 12. The summed E-state index contributed by atoms with van der Waals surface area (Å²) < 4.78 is 37.2. The van der Waals surface area contributed by atoms with E-state index in [0.29, 0.717) is 5.75 Å². The van der Waals surface area contributed by atoms with E-state index in [4.69, 9.17) is 9.47 Å². The number of carbonyl (C=O) groups is 2. The highest BCUT2D eigenvalue weighted by atomic mass is 32.2. The molecule has 2 aromatic rings. The van der Waals surface area contributed by atoms with Crippen molar-refractivity contribution in [3.8, 4) is 11.5 Å². The molecule has 0 aliphatic carbocycles. The topological polar surface area (TPSA) is 105 Å². The monoisotopic (exact) mass is 519 g/mol. The van der Waals surface area contributed by atoms with Crippen LogP contribution in [0.4, 0.5) is 5.69 Å². The molecule has 0 unspecified atom stereocenters. The van der Waals surface area contributed by atoms with Crippen molar-refractivity contribution in [3.63, 3.8) is 0 Å². The summed E-state index contributed by atoms with van der Waals surface area (Å²) >= 11 is 0. The quantitative estimate of drug-likeness (QED) is 0.462. The maximum atomic E-state index is 13.7. The number of benzene rings is 2. The van der Waals surface area contributed by atoms with E-state index < -0.39 is 28.5 Å². The summed E-state index contributed by atoms with van der Waals surface area (Å²) in [5.74, 6) is -0.114. The molecule has 2 aromatic carbocycles. The first-order chi connectivity index (χ1) is 16.9. The van der Waals surface area contributed by atoms with Crippen molar-refractivity contribution in [2.75, 3.05) is 31.3 Å². The zero-order chi connectivity index (χ0) is 27.0. The Labute approximate surface area is 214 Å². The standard InChI is InChI=1S/C26H37N3O6S/c1-8-19(3)27-26(31)20(4)28(16-21-11-9-10-18(2)14-21)25(30)17-29(36(7,32)33)23-13-12-22(34-5)15-24(23)35-6/h9-15,19-20H,8,16-17H2,1-7H3,(H,27,31)/t19-,20-/m1/s1. The number of methoxy groups -OCH3 is 2. The molecule has 2 rings (SSSR count). The molecule has 0 spiro atoms. The molecule has 2 atom stereocenters. The minimum Gasteiger partial charge on any atom is -0.497 e. The summed E-state index contributed by atoms with van der Waals surface area (Å²) in [4.78, 5) is 28.0. The van der Waals surface area contributed by atoms with Gasteiger partial charge >= 0.3 is 0 Å². The highest BCUT2D eigenvalue weighted by Crippen LogP contribution is 2.33. The van der Waals surface area contributed by atoms with Crippen LogP contribution in [0.25, 0.3) is 0 Å². The van der Waals surface area contributed by atoms with Crippen LogP contribution >= 0.6 is 0 Å². The number of hydrogen-bond donors (Lipinski definition) is 1. The van der Waals surface area contributed by atoms with E-state index >= 15 is 0 Å². The van der Waals surface area contributed by atoms with Gasteiger partial charge in [0.25, 0.3) is 0 Å². The van der Waals surface area contributed by atoms with Crippen LogP contribution in [0.2, 0.25) is 0 Å². The molecule has 0 aliphatic heterocycles. The van der Waals surface area contributed by atoms with Crippen LogP contribution in [0.3, 0.4) is 0 Å². The third kappa shape index (κ3) is 7.61. The number of amides is 2. The second kappa shape index (κ2) is 12.6. The van der Waals surface area contributed by atoms with E-state index in [2.05, 4.69) is 5.32 Å². The van der Waals surface area contributed by atoms with Crippen molar-refractivity contribution in [1.82, 2.24) is 10.2 Å². The van der Waals surface area contributed by atoms with Gasteiger partial charge in [-0.3, -0.25) is 13.9 Å². The highest BCUT2D eigenvalue weighted by molar-refractivity contribution is 7.92. The summed E-state index contributed by atoms with van der Waals surface area (Å²) in [6.45, 7) is 7.07. The first-order valence-electron chi connectivity index (χ1n) is 11.8. The van der Waals surface area contributed by atoms with Gasteiger partial charge in [0.2, 0.25) is 21.8 Å². The van der Waals surface area contributed by atoms with Crippen molar-refractivity contribution in [2.24, 2.45) is 0 Å². The van der Waals surface area contributed by atoms with E-state index in [1.165, 1.54) is 25.2 Å². The number of sulfonamides is 1. The van der Waals surface area contributed by atoms with Gasteiger partial charge < -0.3 is 19.7 Å². The van der Waals surface area contributed by atoms with Gasteiger partial charge in [-0.25, -0.2) is 8.42 Å². The molecule has 0 fully saturated rings. The van der Waals surface area contributed by atoms with Crippen LogP contribution in [-0.2, 0) is 26.2 Å². The van der Waals surface area contributed by atoms with E-state index in [0.717, 1.165) is 28.1 Å². The number of ether oxygens (including phenoxy) is 2. The summed E-state index contributed by atoms with van der Waals surface area (Å²) in [5, 5.41) is 2.91. The van der Waals surface area contributed by atoms with Gasteiger partial charge in [0, 0.05) is 18.7 Å². The molecule has 0 saturated carbocycles. The van der Waals surface area contributed by atoms with Crippen LogP contribution in [0.15, 0.2) is 42.5 Å². The SMILES string of the molecule is CC[C@@H](C)NC(=O)[C@@H](C)N(Cc1cccc(C)c1)C(=O)CN(c1ccc(OC)cc1OC)S(C)(=O)=O. The van der Waals surface area contributed by atoms with Crippen molar-refractivity contribution >= 4 is 27.5 Å². The molecule has 36 heavy (non-hydrogen) atoms. The summed E-state index contributed by atoms with van der Waals surface area (Å²) in [7, 11) is -0.987. The molecule has 0 aliphatic rings. The van der Waals surface area contributed by atoms with Gasteiger partial charge in [-0.15, -0.1) is 0 Å². The summed E-state index contributed by atoms with van der Waals surface area (Å²) in [6, 6.07) is 11.4. The zero-order valence-electron chi connectivity index (χ0n) is 22.1. The van der Waals surface area contributed by atoms with Crippen molar-refractivity contribution < 1.29 is 27.5 Å². The van der Waals surface area contributed by atoms with E-state index in [1.54, 1.807) is 19.1 Å². The number of aryl methyl sites for hydroxylation is 1. The van der Waals surface area contributed by atoms with Crippen molar-refractivity contribution in [1.29, 1.82) is 0 Å². The Hall–Kier alpha value is -3.27. The molecule has 0 aromatic heterocycles. The summed E-state index contributed by atoms with van der Waals surface area (Å²) in [6.07, 6.45) is 1.76. The Morgan fingerprint density at radius 1 is 1.06 bits per heavy atom. The molecule has 10 heteroatoms. The maximum Gasteiger partial charge on any atom is 0.244 e. The van der Waals surface area contributed by atoms with Crippen LogP contribution < -0.4 is 19.1 Å². The van der Waals surface area contributed by atoms with Gasteiger partial charge in [0.1, 0.15) is 24.1 Å². The smallest absolute Gasteiger partial charge is 0.244 e. The summed E-state index contributed by atoms with van der Waals surface area (Å²) in [5.41, 5.74) is 2.04. The van der Waals surface area contributed by atoms with E-state index in [-0.39, 0.29) is 29.9 Å². The zero-order valence-corrected chi connectivity index (χ0v) is 22.9. The Morgan fingerprint density at radius 3 is 2.31 bits per heavy atom. The lowest BCUT2D eigenvalue weighted by atomic mass is 10.1. The van der Waals surface area contributed by atoms with Gasteiger partial charge in [0.15, 0.2) is 0 Å². The van der Waals surface area contributed by atoms with Gasteiger partial charge in [-0.2, -0.15) is 0 Å². The Balaban J connectivity index is 2.46. The second-order valence-electron chi connectivity index (χ2n) is 8.81. The Kier molecular flexibility index (Phi) is 10.2. The lowest BCUT2D eigenvalue weighted by molar-refractivity contribution is -0.139. The van der Waals surface area contributed by atoms with E-state index in [9.17, 15) is 18.0 Å². The number of nitrogens with one attached hydrogen (secondary N) is 1. The first-order valence-corrected chi connectivity index (χ1v) is 13.6. The predicted octanol–water partition coefficient (Wildman–Crippen LogP) is 3.11. The number of carbonyl (C=O) groups excluding carboxylic acids is 2. The van der Waals surface area contributed by atoms with Gasteiger partial charge in [0.05, 0.1) is 26.2 Å². The Morgan fingerprint density at radius 2 is 1.75 bits per heavy atom. The van der Waals surface area contributed by atoms with Gasteiger partial charge in [-0.05, 0) is 44.9 Å². The number of nitrogens with zero attached hydrogens (tertiary/aromatic N) is 2. The predicted molar refractivity (Wildman–Crippen MR) is 141 cm³/mol. The fourth-order valence-corrected chi connectivity index (χ4v) is 4.49. The minimum absolute atomic E-state index is 0.0630. The molecule has 9 nitrogen and oxygen atoms in total. The van der Waals surface area contributed by atoms with Gasteiger partial charge in [-0.1, -0.05) is 36.8 Å². The highest BCUT2D eigenvalue weighted by Gasteiger charge is 2.31. The van der Waals surface area contributed by atoms with Crippen LogP contribution in [-0.4, -0.2) is 64.2 Å².